The lowest BCUT2D eigenvalue weighted by Gasteiger charge is -2.33. The van der Waals surface area contributed by atoms with Crippen molar-refractivity contribution in [1.82, 2.24) is 14.1 Å². The summed E-state index contributed by atoms with van der Waals surface area (Å²) >= 11 is 0. The molecule has 0 unspecified atom stereocenters. The first-order valence-corrected chi connectivity index (χ1v) is 11.0. The van der Waals surface area contributed by atoms with Crippen molar-refractivity contribution >= 4 is 15.9 Å². The van der Waals surface area contributed by atoms with Gasteiger partial charge in [0.05, 0.1) is 4.90 Å². The molecule has 26 heavy (non-hydrogen) atoms. The summed E-state index contributed by atoms with van der Waals surface area (Å²) in [6, 6.07) is 6.48. The van der Waals surface area contributed by atoms with Crippen LogP contribution in [0.1, 0.15) is 44.0 Å². The largest absolute Gasteiger partial charge is 0.339 e. The van der Waals surface area contributed by atoms with Crippen molar-refractivity contribution in [2.75, 3.05) is 45.8 Å². The highest BCUT2D eigenvalue weighted by Gasteiger charge is 2.28. The SMILES string of the molecule is CCCN(CCC)C(=O)c1cccc(S(=O)(=O)N2CCN(CC)CC2)c1. The standard InChI is InChI=1S/C19H31N3O3S/c1-4-10-21(11-5-2)19(23)17-8-7-9-18(16-17)26(24,25)22-14-12-20(6-3)13-15-22/h7-9,16H,4-6,10-15H2,1-3H3. The van der Waals surface area contributed by atoms with E-state index in [0.29, 0.717) is 31.7 Å². The summed E-state index contributed by atoms with van der Waals surface area (Å²) in [6.07, 6.45) is 1.76. The molecule has 1 aliphatic heterocycles. The number of carbonyl (C=O) groups is 1. The summed E-state index contributed by atoms with van der Waals surface area (Å²) in [5.41, 5.74) is 0.445. The fourth-order valence-electron chi connectivity index (χ4n) is 3.26. The maximum absolute atomic E-state index is 13.0. The first kappa shape index (κ1) is 20.9. The molecule has 0 N–H and O–H groups in total. The van der Waals surface area contributed by atoms with Gasteiger partial charge in [0.25, 0.3) is 5.91 Å². The quantitative estimate of drug-likeness (QED) is 0.693. The molecule has 146 valence electrons. The number of likely N-dealkylation sites (N-methyl/N-ethyl adjacent to an activating group) is 1. The van der Waals surface area contributed by atoms with Crippen molar-refractivity contribution in [3.05, 3.63) is 29.8 Å². The second-order valence-electron chi connectivity index (χ2n) is 6.66. The lowest BCUT2D eigenvalue weighted by molar-refractivity contribution is 0.0755. The highest BCUT2D eigenvalue weighted by molar-refractivity contribution is 7.89. The number of sulfonamides is 1. The predicted octanol–water partition coefficient (Wildman–Crippen LogP) is 2.28. The molecule has 1 heterocycles. The average Bonchev–Trinajstić information content (AvgIpc) is 2.67. The number of amides is 1. The molecule has 1 amide bonds. The minimum atomic E-state index is -3.56. The number of hydrogen-bond donors (Lipinski definition) is 0. The number of hydrogen-bond acceptors (Lipinski definition) is 4. The summed E-state index contributed by atoms with van der Waals surface area (Å²) in [5, 5.41) is 0. The minimum Gasteiger partial charge on any atom is -0.339 e. The number of carbonyl (C=O) groups excluding carboxylic acids is 1. The van der Waals surface area contributed by atoms with Crippen molar-refractivity contribution in [2.24, 2.45) is 0 Å². The molecular formula is C19H31N3O3S. The van der Waals surface area contributed by atoms with E-state index in [4.69, 9.17) is 0 Å². The maximum Gasteiger partial charge on any atom is 0.253 e. The molecule has 1 aromatic rings. The summed E-state index contributed by atoms with van der Waals surface area (Å²) in [5.74, 6) is -0.0958. The molecule has 1 aliphatic rings. The zero-order valence-electron chi connectivity index (χ0n) is 16.1. The normalized spacial score (nSPS) is 16.6. The molecule has 0 aromatic heterocycles. The lowest BCUT2D eigenvalue weighted by Crippen LogP contribution is -2.48. The molecule has 0 saturated carbocycles. The minimum absolute atomic E-state index is 0.0958. The van der Waals surface area contributed by atoms with E-state index < -0.39 is 10.0 Å². The second-order valence-corrected chi connectivity index (χ2v) is 8.60. The topological polar surface area (TPSA) is 60.9 Å². The van der Waals surface area contributed by atoms with Crippen LogP contribution >= 0.6 is 0 Å². The number of piperazine rings is 1. The summed E-state index contributed by atoms with van der Waals surface area (Å²) in [6.45, 7) is 10.9. The van der Waals surface area contributed by atoms with Gasteiger partial charge in [-0.1, -0.05) is 26.8 Å². The molecule has 0 bridgehead atoms. The highest BCUT2D eigenvalue weighted by Crippen LogP contribution is 2.20. The third kappa shape index (κ3) is 4.84. The predicted molar refractivity (Wildman–Crippen MR) is 104 cm³/mol. The van der Waals surface area contributed by atoms with Gasteiger partial charge in [-0.05, 0) is 37.6 Å². The van der Waals surface area contributed by atoms with Crippen LogP contribution in [0.2, 0.25) is 0 Å². The molecule has 0 aliphatic carbocycles. The molecular weight excluding hydrogens is 350 g/mol. The van der Waals surface area contributed by atoms with Gasteiger partial charge < -0.3 is 9.80 Å². The first-order chi connectivity index (χ1) is 12.4. The van der Waals surface area contributed by atoms with Crippen molar-refractivity contribution in [2.45, 2.75) is 38.5 Å². The van der Waals surface area contributed by atoms with Crippen LogP contribution < -0.4 is 0 Å². The Morgan fingerprint density at radius 1 is 1.04 bits per heavy atom. The van der Waals surface area contributed by atoms with Crippen LogP contribution in [0.5, 0.6) is 0 Å². The Kier molecular flexibility index (Phi) is 7.61. The van der Waals surface area contributed by atoms with Crippen molar-refractivity contribution in [3.8, 4) is 0 Å². The Hall–Kier alpha value is -1.44. The van der Waals surface area contributed by atoms with Gasteiger partial charge in [0.2, 0.25) is 10.0 Å². The zero-order chi connectivity index (χ0) is 19.2. The molecule has 2 rings (SSSR count). The van der Waals surface area contributed by atoms with Crippen molar-refractivity contribution < 1.29 is 13.2 Å². The van der Waals surface area contributed by atoms with Gasteiger partial charge in [0.15, 0.2) is 0 Å². The van der Waals surface area contributed by atoms with Gasteiger partial charge in [0.1, 0.15) is 0 Å². The third-order valence-corrected chi connectivity index (χ3v) is 6.67. The van der Waals surface area contributed by atoms with Crippen LogP contribution in [0, 0.1) is 0 Å². The van der Waals surface area contributed by atoms with Crippen LogP contribution in [0.3, 0.4) is 0 Å². The Bertz CT molecular complexity index is 692. The molecule has 1 aromatic carbocycles. The van der Waals surface area contributed by atoms with Gasteiger partial charge in [-0.2, -0.15) is 4.31 Å². The number of benzene rings is 1. The van der Waals surface area contributed by atoms with Crippen molar-refractivity contribution in [3.63, 3.8) is 0 Å². The van der Waals surface area contributed by atoms with E-state index in [1.54, 1.807) is 23.1 Å². The molecule has 0 radical (unpaired) electrons. The summed E-state index contributed by atoms with van der Waals surface area (Å²) in [4.78, 5) is 17.0. The average molecular weight is 382 g/mol. The number of nitrogens with zero attached hydrogens (tertiary/aromatic N) is 3. The van der Waals surface area contributed by atoms with E-state index in [0.717, 1.165) is 32.5 Å². The smallest absolute Gasteiger partial charge is 0.253 e. The third-order valence-electron chi connectivity index (χ3n) is 4.77. The fourth-order valence-corrected chi connectivity index (χ4v) is 4.73. The van der Waals surface area contributed by atoms with E-state index in [9.17, 15) is 13.2 Å². The van der Waals surface area contributed by atoms with E-state index in [1.807, 2.05) is 13.8 Å². The summed E-state index contributed by atoms with van der Waals surface area (Å²) in [7, 11) is -3.56. The highest BCUT2D eigenvalue weighted by atomic mass is 32.2. The van der Waals surface area contributed by atoms with Gasteiger partial charge in [-0.25, -0.2) is 8.42 Å². The Balaban J connectivity index is 2.21. The van der Waals surface area contributed by atoms with E-state index in [1.165, 1.54) is 10.4 Å². The maximum atomic E-state index is 13.0. The van der Waals surface area contributed by atoms with Crippen LogP contribution in [0.15, 0.2) is 29.2 Å². The fraction of sp³-hybridized carbons (Fsp3) is 0.632. The molecule has 1 fully saturated rings. The Morgan fingerprint density at radius 2 is 1.65 bits per heavy atom. The number of rotatable bonds is 8. The molecule has 7 heteroatoms. The molecule has 0 spiro atoms. The van der Waals surface area contributed by atoms with Crippen LogP contribution in [-0.2, 0) is 10.0 Å². The molecule has 1 saturated heterocycles. The Morgan fingerprint density at radius 3 is 2.19 bits per heavy atom. The second kappa shape index (κ2) is 9.48. The van der Waals surface area contributed by atoms with Gasteiger partial charge in [0, 0.05) is 44.8 Å². The first-order valence-electron chi connectivity index (χ1n) is 9.55. The Labute approximate surface area is 157 Å². The zero-order valence-corrected chi connectivity index (χ0v) is 17.0. The van der Waals surface area contributed by atoms with Gasteiger partial charge in [-0.15, -0.1) is 0 Å². The monoisotopic (exact) mass is 381 g/mol. The van der Waals surface area contributed by atoms with Crippen LogP contribution in [0.4, 0.5) is 0 Å². The van der Waals surface area contributed by atoms with Gasteiger partial charge in [-0.3, -0.25) is 4.79 Å². The van der Waals surface area contributed by atoms with Crippen molar-refractivity contribution in [1.29, 1.82) is 0 Å². The van der Waals surface area contributed by atoms with E-state index in [2.05, 4.69) is 11.8 Å². The van der Waals surface area contributed by atoms with E-state index in [-0.39, 0.29) is 10.8 Å². The summed E-state index contributed by atoms with van der Waals surface area (Å²) < 4.78 is 27.4. The van der Waals surface area contributed by atoms with Crippen LogP contribution in [-0.4, -0.2) is 74.2 Å². The lowest BCUT2D eigenvalue weighted by atomic mass is 10.2. The van der Waals surface area contributed by atoms with Crippen LogP contribution in [0.25, 0.3) is 0 Å². The molecule has 0 atom stereocenters. The van der Waals surface area contributed by atoms with E-state index >= 15 is 0 Å². The molecule has 6 nitrogen and oxygen atoms in total. The van der Waals surface area contributed by atoms with Gasteiger partial charge >= 0.3 is 0 Å².